The van der Waals surface area contributed by atoms with Crippen molar-refractivity contribution in [3.63, 3.8) is 0 Å². The fraction of sp³-hybridized carbons (Fsp3) is 0.200. The van der Waals surface area contributed by atoms with Crippen molar-refractivity contribution in [2.45, 2.75) is 26.6 Å². The molecule has 3 aromatic rings. The van der Waals surface area contributed by atoms with Gasteiger partial charge in [0.05, 0.1) is 11.3 Å². The summed E-state index contributed by atoms with van der Waals surface area (Å²) >= 11 is 0. The lowest BCUT2D eigenvalue weighted by atomic mass is 10.1. The van der Waals surface area contributed by atoms with Crippen LogP contribution in [-0.2, 0) is 22.4 Å². The number of nitrogens with zero attached hydrogens (tertiary/aromatic N) is 3. The highest BCUT2D eigenvalue weighted by Gasteiger charge is 2.31. The zero-order valence-electron chi connectivity index (χ0n) is 15.9. The Hall–Kier alpha value is -3.69. The lowest BCUT2D eigenvalue weighted by Crippen LogP contribution is -2.33. The Morgan fingerprint density at radius 3 is 2.57 bits per heavy atom. The summed E-state index contributed by atoms with van der Waals surface area (Å²) in [6, 6.07) is 9.40. The number of aryl methyl sites for hydroxylation is 1. The first-order chi connectivity index (χ1) is 14.1. The molecule has 0 saturated heterocycles. The van der Waals surface area contributed by atoms with Crippen molar-refractivity contribution in [1.29, 1.82) is 0 Å². The summed E-state index contributed by atoms with van der Waals surface area (Å²) in [5.41, 5.74) is -0.567. The standard InChI is InChI=1S/C20H16F3N3O4/c1-12-17(19(28)26(30-13(2)27)11-16-8-3-4-9-24-16)25-18(29-12)14-6-5-7-15(10-14)20(21,22)23/h3-10H,11H2,1-2H3. The molecule has 1 aromatic carbocycles. The summed E-state index contributed by atoms with van der Waals surface area (Å²) in [7, 11) is 0. The normalized spacial score (nSPS) is 11.2. The molecule has 0 radical (unpaired) electrons. The Morgan fingerprint density at radius 2 is 1.93 bits per heavy atom. The number of carbonyl (C=O) groups is 2. The van der Waals surface area contributed by atoms with Crippen LogP contribution in [0.4, 0.5) is 13.2 Å². The predicted octanol–water partition coefficient (Wildman–Crippen LogP) is 4.18. The number of amides is 1. The van der Waals surface area contributed by atoms with Crippen LogP contribution in [0.15, 0.2) is 53.1 Å². The molecule has 2 aromatic heterocycles. The Morgan fingerprint density at radius 1 is 1.17 bits per heavy atom. The summed E-state index contributed by atoms with van der Waals surface area (Å²) in [4.78, 5) is 37.4. The summed E-state index contributed by atoms with van der Waals surface area (Å²) in [5, 5.41) is 0.769. The monoisotopic (exact) mass is 419 g/mol. The van der Waals surface area contributed by atoms with Crippen LogP contribution in [-0.4, -0.2) is 26.9 Å². The largest absolute Gasteiger partial charge is 0.441 e. The van der Waals surface area contributed by atoms with Crippen LogP contribution >= 0.6 is 0 Å². The second kappa shape index (κ2) is 8.36. The first-order valence-corrected chi connectivity index (χ1v) is 8.70. The number of rotatable bonds is 4. The predicted molar refractivity (Wildman–Crippen MR) is 97.6 cm³/mol. The molecule has 0 fully saturated rings. The number of aromatic nitrogens is 2. The number of hydrogen-bond donors (Lipinski definition) is 0. The van der Waals surface area contributed by atoms with Gasteiger partial charge >= 0.3 is 18.1 Å². The molecule has 0 unspecified atom stereocenters. The molecule has 0 atom stereocenters. The van der Waals surface area contributed by atoms with Crippen molar-refractivity contribution in [3.8, 4) is 11.5 Å². The lowest BCUT2D eigenvalue weighted by Gasteiger charge is -2.19. The molecular weight excluding hydrogens is 403 g/mol. The second-order valence-corrected chi connectivity index (χ2v) is 6.25. The smallest absolute Gasteiger partial charge is 0.416 e. The number of hydroxylamine groups is 2. The van der Waals surface area contributed by atoms with Crippen LogP contribution in [0, 0.1) is 6.92 Å². The minimum atomic E-state index is -4.54. The van der Waals surface area contributed by atoms with Crippen LogP contribution < -0.4 is 0 Å². The molecule has 10 heteroatoms. The molecule has 0 bridgehead atoms. The SMILES string of the molecule is CC(=O)ON(Cc1ccccn1)C(=O)c1nc(-c2cccc(C(F)(F)F)c2)oc1C. The van der Waals surface area contributed by atoms with Crippen molar-refractivity contribution in [1.82, 2.24) is 15.0 Å². The van der Waals surface area contributed by atoms with E-state index in [1.54, 1.807) is 18.2 Å². The van der Waals surface area contributed by atoms with Crippen molar-refractivity contribution in [2.75, 3.05) is 0 Å². The molecule has 0 aliphatic carbocycles. The van der Waals surface area contributed by atoms with E-state index < -0.39 is 23.6 Å². The van der Waals surface area contributed by atoms with Gasteiger partial charge in [0.2, 0.25) is 5.89 Å². The summed E-state index contributed by atoms with van der Waals surface area (Å²) < 4.78 is 44.3. The van der Waals surface area contributed by atoms with E-state index in [9.17, 15) is 22.8 Å². The minimum absolute atomic E-state index is 0.0516. The molecule has 3 rings (SSSR count). The Bertz CT molecular complexity index is 1060. The molecule has 0 N–H and O–H groups in total. The van der Waals surface area contributed by atoms with E-state index in [0.717, 1.165) is 24.1 Å². The third kappa shape index (κ3) is 4.83. The highest BCUT2D eigenvalue weighted by Crippen LogP contribution is 2.32. The number of pyridine rings is 1. The van der Waals surface area contributed by atoms with Crippen LogP contribution in [0.1, 0.15) is 34.4 Å². The molecule has 30 heavy (non-hydrogen) atoms. The van der Waals surface area contributed by atoms with Crippen molar-refractivity contribution >= 4 is 11.9 Å². The molecule has 0 aliphatic heterocycles. The second-order valence-electron chi connectivity index (χ2n) is 6.25. The number of benzene rings is 1. The van der Waals surface area contributed by atoms with Crippen LogP contribution in [0.3, 0.4) is 0 Å². The van der Waals surface area contributed by atoms with E-state index >= 15 is 0 Å². The molecule has 0 aliphatic rings. The molecule has 0 saturated carbocycles. The molecule has 156 valence electrons. The highest BCUT2D eigenvalue weighted by molar-refractivity contribution is 5.93. The van der Waals surface area contributed by atoms with Gasteiger partial charge in [-0.15, -0.1) is 0 Å². The van der Waals surface area contributed by atoms with Gasteiger partial charge in [0.15, 0.2) is 5.69 Å². The number of halogens is 3. The first-order valence-electron chi connectivity index (χ1n) is 8.70. The lowest BCUT2D eigenvalue weighted by molar-refractivity contribution is -0.177. The van der Waals surface area contributed by atoms with Gasteiger partial charge < -0.3 is 9.25 Å². The van der Waals surface area contributed by atoms with E-state index in [4.69, 9.17) is 9.25 Å². The Balaban J connectivity index is 1.92. The maximum absolute atomic E-state index is 13.0. The fourth-order valence-corrected chi connectivity index (χ4v) is 2.60. The van der Waals surface area contributed by atoms with Gasteiger partial charge in [-0.25, -0.2) is 4.98 Å². The Kier molecular flexibility index (Phi) is 5.86. The maximum atomic E-state index is 13.0. The third-order valence-electron chi connectivity index (χ3n) is 3.93. The highest BCUT2D eigenvalue weighted by atomic mass is 19.4. The number of oxazole rings is 1. The zero-order valence-corrected chi connectivity index (χ0v) is 15.9. The van der Waals surface area contributed by atoms with Gasteiger partial charge in [-0.1, -0.05) is 12.1 Å². The average Bonchev–Trinajstić information content (AvgIpc) is 3.08. The van der Waals surface area contributed by atoms with Gasteiger partial charge in [-0.3, -0.25) is 14.6 Å². The van der Waals surface area contributed by atoms with E-state index in [2.05, 4.69) is 9.97 Å². The van der Waals surface area contributed by atoms with Crippen molar-refractivity contribution in [2.24, 2.45) is 0 Å². The molecule has 0 spiro atoms. The molecular formula is C20H16F3N3O4. The number of alkyl halides is 3. The van der Waals surface area contributed by atoms with E-state index in [1.165, 1.54) is 25.3 Å². The zero-order chi connectivity index (χ0) is 21.9. The topological polar surface area (TPSA) is 85.5 Å². The van der Waals surface area contributed by atoms with Gasteiger partial charge in [0, 0.05) is 18.7 Å². The Labute approximate surface area is 169 Å². The number of carbonyl (C=O) groups excluding carboxylic acids is 2. The van der Waals surface area contributed by atoms with Crippen LogP contribution in [0.2, 0.25) is 0 Å². The van der Waals surface area contributed by atoms with Crippen LogP contribution in [0.25, 0.3) is 11.5 Å². The molecule has 2 heterocycles. The maximum Gasteiger partial charge on any atom is 0.416 e. The van der Waals surface area contributed by atoms with E-state index in [0.29, 0.717) is 5.69 Å². The van der Waals surface area contributed by atoms with Crippen molar-refractivity contribution < 1.29 is 32.0 Å². The fourth-order valence-electron chi connectivity index (χ4n) is 2.60. The van der Waals surface area contributed by atoms with Crippen LogP contribution in [0.5, 0.6) is 0 Å². The first kappa shape index (κ1) is 21.0. The minimum Gasteiger partial charge on any atom is -0.441 e. The summed E-state index contributed by atoms with van der Waals surface area (Å²) in [6.45, 7) is 2.41. The number of hydrogen-bond acceptors (Lipinski definition) is 6. The van der Waals surface area contributed by atoms with E-state index in [-0.39, 0.29) is 29.5 Å². The molecule has 1 amide bonds. The van der Waals surface area contributed by atoms with Gasteiger partial charge in [-0.2, -0.15) is 18.2 Å². The summed E-state index contributed by atoms with van der Waals surface area (Å²) in [6.07, 6.45) is -3.02. The van der Waals surface area contributed by atoms with Gasteiger partial charge in [0.1, 0.15) is 12.3 Å². The third-order valence-corrected chi connectivity index (χ3v) is 3.93. The quantitative estimate of drug-likeness (QED) is 0.590. The van der Waals surface area contributed by atoms with Gasteiger partial charge in [-0.05, 0) is 37.3 Å². The van der Waals surface area contributed by atoms with Gasteiger partial charge in [0.25, 0.3) is 0 Å². The average molecular weight is 419 g/mol. The summed E-state index contributed by atoms with van der Waals surface area (Å²) in [5.74, 6) is -1.64. The van der Waals surface area contributed by atoms with Crippen molar-refractivity contribution in [3.05, 3.63) is 71.4 Å². The molecule has 7 nitrogen and oxygen atoms in total. The van der Waals surface area contributed by atoms with E-state index in [1.807, 2.05) is 0 Å².